The lowest BCUT2D eigenvalue weighted by Crippen LogP contribution is -2.54. The fourth-order valence-electron chi connectivity index (χ4n) is 4.58. The first-order valence-corrected chi connectivity index (χ1v) is 10.2. The van der Waals surface area contributed by atoms with Crippen molar-refractivity contribution >= 4 is 17.5 Å². The lowest BCUT2D eigenvalue weighted by Gasteiger charge is -2.42. The van der Waals surface area contributed by atoms with Crippen molar-refractivity contribution in [1.29, 1.82) is 0 Å². The van der Waals surface area contributed by atoms with Crippen molar-refractivity contribution in [3.05, 3.63) is 28.8 Å². The Hall–Kier alpha value is -1.26. The molecule has 2 aliphatic rings. The molecule has 0 unspecified atom stereocenters. The van der Waals surface area contributed by atoms with Gasteiger partial charge >= 0.3 is 0 Å². The summed E-state index contributed by atoms with van der Waals surface area (Å²) in [6.07, 6.45) is 4.30. The number of rotatable bonds is 4. The van der Waals surface area contributed by atoms with Gasteiger partial charge in [-0.25, -0.2) is 0 Å². The van der Waals surface area contributed by atoms with Crippen LogP contribution in [0.3, 0.4) is 0 Å². The van der Waals surface area contributed by atoms with E-state index >= 15 is 0 Å². The molecule has 4 nitrogen and oxygen atoms in total. The lowest BCUT2D eigenvalue weighted by molar-refractivity contribution is -0.140. The van der Waals surface area contributed by atoms with E-state index in [9.17, 15) is 4.79 Å². The predicted molar refractivity (Wildman–Crippen MR) is 106 cm³/mol. The molecular formula is C21H31ClN2O2. The molecule has 3 rings (SSSR count). The number of nitrogens with zero attached hydrogens (tertiary/aromatic N) is 2. The van der Waals surface area contributed by atoms with Crippen LogP contribution < -0.4 is 4.74 Å². The third-order valence-electron chi connectivity index (χ3n) is 5.94. The monoisotopic (exact) mass is 378 g/mol. The summed E-state index contributed by atoms with van der Waals surface area (Å²) in [5, 5.41) is 0.682. The number of benzene rings is 1. The zero-order valence-corrected chi connectivity index (χ0v) is 17.1. The van der Waals surface area contributed by atoms with E-state index in [0.29, 0.717) is 23.1 Å². The maximum absolute atomic E-state index is 13.0. The summed E-state index contributed by atoms with van der Waals surface area (Å²) < 4.78 is 5.95. The molecule has 5 heteroatoms. The summed E-state index contributed by atoms with van der Waals surface area (Å²) in [6.45, 7) is 10.1. The summed E-state index contributed by atoms with van der Waals surface area (Å²) in [6, 6.07) is 7.22. The second kappa shape index (κ2) is 8.18. The van der Waals surface area contributed by atoms with Gasteiger partial charge in [0.1, 0.15) is 5.75 Å². The largest absolute Gasteiger partial charge is 0.481 e. The summed E-state index contributed by atoms with van der Waals surface area (Å²) in [7, 11) is 0. The third kappa shape index (κ3) is 4.17. The standard InChI is InChI=1S/C21H31ClN2O2/c1-14-12-18(22)9-10-20(14)26-17(4)21(25)23-11-5-6-19(13-23)24-15(2)7-8-16(24)3/h9-10,12,15-17,19H,5-8,11,13H2,1-4H3/t15-,16+,17-,19+/m1/s1. The quantitative estimate of drug-likeness (QED) is 0.783. The van der Waals surface area contributed by atoms with Gasteiger partial charge in [-0.15, -0.1) is 0 Å². The number of piperidine rings is 1. The van der Waals surface area contributed by atoms with Crippen LogP contribution in [0, 0.1) is 6.92 Å². The number of amides is 1. The molecule has 2 saturated heterocycles. The second-order valence-corrected chi connectivity index (χ2v) is 8.41. The Bertz CT molecular complexity index is 641. The van der Waals surface area contributed by atoms with Crippen molar-refractivity contribution in [3.8, 4) is 5.75 Å². The molecule has 0 saturated carbocycles. The van der Waals surface area contributed by atoms with Gasteiger partial charge in [0.15, 0.2) is 6.10 Å². The molecule has 1 amide bonds. The summed E-state index contributed by atoms with van der Waals surface area (Å²) in [5.74, 6) is 0.814. The Morgan fingerprint density at radius 3 is 2.58 bits per heavy atom. The Kier molecular flexibility index (Phi) is 6.13. The number of hydrogen-bond donors (Lipinski definition) is 0. The minimum absolute atomic E-state index is 0.0866. The van der Waals surface area contributed by atoms with Gasteiger partial charge in [0.05, 0.1) is 0 Å². The zero-order valence-electron chi connectivity index (χ0n) is 16.4. The number of halogens is 1. The highest BCUT2D eigenvalue weighted by atomic mass is 35.5. The lowest BCUT2D eigenvalue weighted by atomic mass is 10.0. The molecule has 2 aliphatic heterocycles. The Balaban J connectivity index is 1.63. The Morgan fingerprint density at radius 1 is 1.23 bits per heavy atom. The molecule has 144 valence electrons. The number of likely N-dealkylation sites (tertiary alicyclic amines) is 2. The molecule has 1 aromatic rings. The SMILES string of the molecule is Cc1cc(Cl)ccc1O[C@H](C)C(=O)N1CCC[C@H](N2[C@H](C)CC[C@@H]2C)C1. The molecule has 0 bridgehead atoms. The molecule has 2 fully saturated rings. The highest BCUT2D eigenvalue weighted by Gasteiger charge is 2.37. The van der Waals surface area contributed by atoms with E-state index in [4.69, 9.17) is 16.3 Å². The van der Waals surface area contributed by atoms with E-state index in [0.717, 1.165) is 30.8 Å². The fourth-order valence-corrected chi connectivity index (χ4v) is 4.80. The summed E-state index contributed by atoms with van der Waals surface area (Å²) in [4.78, 5) is 17.6. The molecule has 0 N–H and O–H groups in total. The topological polar surface area (TPSA) is 32.8 Å². The van der Waals surface area contributed by atoms with Crippen LogP contribution in [0.25, 0.3) is 0 Å². The van der Waals surface area contributed by atoms with E-state index in [1.165, 1.54) is 19.3 Å². The van der Waals surface area contributed by atoms with Gasteiger partial charge in [0.25, 0.3) is 5.91 Å². The van der Waals surface area contributed by atoms with Crippen molar-refractivity contribution < 1.29 is 9.53 Å². The Morgan fingerprint density at radius 2 is 1.92 bits per heavy atom. The molecule has 0 aromatic heterocycles. The van der Waals surface area contributed by atoms with E-state index in [1.54, 1.807) is 6.07 Å². The number of aryl methyl sites for hydroxylation is 1. The van der Waals surface area contributed by atoms with E-state index in [2.05, 4.69) is 18.7 Å². The number of ether oxygens (including phenoxy) is 1. The van der Waals surface area contributed by atoms with Crippen LogP contribution in [0.5, 0.6) is 5.75 Å². The van der Waals surface area contributed by atoms with Gasteiger partial charge in [-0.3, -0.25) is 9.69 Å². The average Bonchev–Trinajstić information content (AvgIpc) is 2.95. The zero-order chi connectivity index (χ0) is 18.8. The normalized spacial score (nSPS) is 28.2. The average molecular weight is 379 g/mol. The van der Waals surface area contributed by atoms with Crippen LogP contribution in [0.15, 0.2) is 18.2 Å². The molecular weight excluding hydrogens is 348 g/mol. The molecule has 0 radical (unpaired) electrons. The Labute approximate surface area is 162 Å². The van der Waals surface area contributed by atoms with Gasteiger partial charge in [0.2, 0.25) is 0 Å². The molecule has 1 aromatic carbocycles. The van der Waals surface area contributed by atoms with Crippen LogP contribution in [0.1, 0.15) is 52.0 Å². The van der Waals surface area contributed by atoms with Gasteiger partial charge in [-0.1, -0.05) is 11.6 Å². The smallest absolute Gasteiger partial charge is 0.263 e. The van der Waals surface area contributed by atoms with E-state index in [1.807, 2.05) is 30.9 Å². The molecule has 0 spiro atoms. The first kappa shape index (κ1) is 19.5. The van der Waals surface area contributed by atoms with E-state index in [-0.39, 0.29) is 5.91 Å². The van der Waals surface area contributed by atoms with Crippen LogP contribution in [0.4, 0.5) is 0 Å². The van der Waals surface area contributed by atoms with Crippen molar-refractivity contribution in [3.63, 3.8) is 0 Å². The number of carbonyl (C=O) groups is 1. The van der Waals surface area contributed by atoms with Gasteiger partial charge in [-0.05, 0) is 77.1 Å². The number of carbonyl (C=O) groups excluding carboxylic acids is 1. The minimum atomic E-state index is -0.484. The maximum atomic E-state index is 13.0. The highest BCUT2D eigenvalue weighted by molar-refractivity contribution is 6.30. The first-order valence-electron chi connectivity index (χ1n) is 9.86. The van der Waals surface area contributed by atoms with E-state index < -0.39 is 6.10 Å². The fraction of sp³-hybridized carbons (Fsp3) is 0.667. The van der Waals surface area contributed by atoms with Crippen molar-refractivity contribution in [2.75, 3.05) is 13.1 Å². The van der Waals surface area contributed by atoms with Gasteiger partial charge in [-0.2, -0.15) is 0 Å². The minimum Gasteiger partial charge on any atom is -0.481 e. The molecule has 0 aliphatic carbocycles. The van der Waals surface area contributed by atoms with Crippen LogP contribution in [-0.4, -0.2) is 53.0 Å². The first-order chi connectivity index (χ1) is 12.4. The van der Waals surface area contributed by atoms with Gasteiger partial charge < -0.3 is 9.64 Å². The van der Waals surface area contributed by atoms with Crippen LogP contribution in [-0.2, 0) is 4.79 Å². The highest BCUT2D eigenvalue weighted by Crippen LogP contribution is 2.30. The van der Waals surface area contributed by atoms with Crippen molar-refractivity contribution in [2.45, 2.75) is 77.6 Å². The maximum Gasteiger partial charge on any atom is 0.263 e. The predicted octanol–water partition coefficient (Wildman–Crippen LogP) is 4.28. The second-order valence-electron chi connectivity index (χ2n) is 7.97. The molecule has 4 atom stereocenters. The third-order valence-corrected chi connectivity index (χ3v) is 6.17. The number of hydrogen-bond acceptors (Lipinski definition) is 3. The summed E-state index contributed by atoms with van der Waals surface area (Å²) in [5.41, 5.74) is 0.952. The van der Waals surface area contributed by atoms with Crippen LogP contribution >= 0.6 is 11.6 Å². The molecule has 26 heavy (non-hydrogen) atoms. The van der Waals surface area contributed by atoms with Crippen LogP contribution in [0.2, 0.25) is 5.02 Å². The van der Waals surface area contributed by atoms with Crippen molar-refractivity contribution in [1.82, 2.24) is 9.80 Å². The van der Waals surface area contributed by atoms with Gasteiger partial charge in [0, 0.05) is 36.2 Å². The molecule has 2 heterocycles. The van der Waals surface area contributed by atoms with Crippen molar-refractivity contribution in [2.24, 2.45) is 0 Å². The summed E-state index contributed by atoms with van der Waals surface area (Å²) >= 11 is 6.00.